The van der Waals surface area contributed by atoms with E-state index in [1.807, 2.05) is 12.1 Å². The summed E-state index contributed by atoms with van der Waals surface area (Å²) in [4.78, 5) is 12.1. The lowest BCUT2D eigenvalue weighted by molar-refractivity contribution is 0.102. The van der Waals surface area contributed by atoms with Crippen molar-refractivity contribution in [3.8, 4) is 5.75 Å². The molecular formula is C22H19FN2O4S. The summed E-state index contributed by atoms with van der Waals surface area (Å²) in [6.45, 7) is 0.226. The van der Waals surface area contributed by atoms with Crippen molar-refractivity contribution in [2.75, 3.05) is 23.3 Å². The smallest absolute Gasteiger partial charge is 0.267 e. The van der Waals surface area contributed by atoms with Crippen molar-refractivity contribution in [3.63, 3.8) is 0 Å². The van der Waals surface area contributed by atoms with Crippen LogP contribution in [-0.4, -0.2) is 28.0 Å². The van der Waals surface area contributed by atoms with Crippen LogP contribution in [0.15, 0.2) is 71.6 Å². The number of nitrogens with one attached hydrogen (secondary N) is 1. The van der Waals surface area contributed by atoms with Crippen molar-refractivity contribution in [2.45, 2.75) is 11.3 Å². The summed E-state index contributed by atoms with van der Waals surface area (Å²) in [6.07, 6.45) is 0.550. The SMILES string of the molecule is COc1ccc(NC(=O)c2ccc(F)c(S(=O)(=O)N3CCc4ccccc43)c2)cc1. The van der Waals surface area contributed by atoms with E-state index in [1.165, 1.54) is 17.5 Å². The van der Waals surface area contributed by atoms with Crippen molar-refractivity contribution in [1.82, 2.24) is 0 Å². The summed E-state index contributed by atoms with van der Waals surface area (Å²) in [5.74, 6) is -0.812. The molecule has 0 unspecified atom stereocenters. The number of halogens is 1. The van der Waals surface area contributed by atoms with E-state index in [1.54, 1.807) is 36.4 Å². The molecule has 0 fully saturated rings. The Bertz CT molecular complexity index is 1210. The Kier molecular flexibility index (Phi) is 5.17. The van der Waals surface area contributed by atoms with Crippen LogP contribution in [0.3, 0.4) is 0 Å². The highest BCUT2D eigenvalue weighted by molar-refractivity contribution is 7.92. The molecule has 0 saturated heterocycles. The second-order valence-corrected chi connectivity index (χ2v) is 8.61. The van der Waals surface area contributed by atoms with Gasteiger partial charge in [-0.25, -0.2) is 12.8 Å². The van der Waals surface area contributed by atoms with Crippen LogP contribution in [0.5, 0.6) is 5.75 Å². The number of nitrogens with zero attached hydrogens (tertiary/aromatic N) is 1. The zero-order valence-electron chi connectivity index (χ0n) is 16.1. The number of fused-ring (bicyclic) bond motifs is 1. The zero-order chi connectivity index (χ0) is 21.3. The number of anilines is 2. The van der Waals surface area contributed by atoms with Gasteiger partial charge in [-0.1, -0.05) is 18.2 Å². The summed E-state index contributed by atoms with van der Waals surface area (Å²) in [5.41, 5.74) is 1.96. The van der Waals surface area contributed by atoms with Crippen molar-refractivity contribution in [2.24, 2.45) is 0 Å². The van der Waals surface area contributed by atoms with E-state index in [4.69, 9.17) is 4.74 Å². The number of para-hydroxylation sites is 1. The molecule has 0 saturated carbocycles. The maximum Gasteiger partial charge on any atom is 0.267 e. The molecule has 1 aliphatic heterocycles. The maximum atomic E-state index is 14.5. The Morgan fingerprint density at radius 3 is 2.53 bits per heavy atom. The predicted molar refractivity (Wildman–Crippen MR) is 112 cm³/mol. The third kappa shape index (κ3) is 3.61. The van der Waals surface area contributed by atoms with Crippen molar-refractivity contribution in [3.05, 3.63) is 83.7 Å². The van der Waals surface area contributed by atoms with Crippen LogP contribution in [0, 0.1) is 5.82 Å². The van der Waals surface area contributed by atoms with Crippen LogP contribution in [0.25, 0.3) is 0 Å². The summed E-state index contributed by atoms with van der Waals surface area (Å²) in [6, 6.07) is 17.1. The van der Waals surface area contributed by atoms with Gasteiger partial charge in [-0.3, -0.25) is 9.10 Å². The second kappa shape index (κ2) is 7.79. The lowest BCUT2D eigenvalue weighted by Crippen LogP contribution is -2.30. The van der Waals surface area contributed by atoms with Gasteiger partial charge in [0.15, 0.2) is 0 Å². The Morgan fingerprint density at radius 1 is 1.07 bits per heavy atom. The Labute approximate surface area is 174 Å². The number of carbonyl (C=O) groups is 1. The summed E-state index contributed by atoms with van der Waals surface area (Å²) in [5, 5.41) is 2.67. The number of rotatable bonds is 5. The first kappa shape index (κ1) is 19.9. The number of ether oxygens (including phenoxy) is 1. The molecule has 3 aromatic carbocycles. The molecule has 0 spiro atoms. The Hall–Kier alpha value is -3.39. The summed E-state index contributed by atoms with van der Waals surface area (Å²) >= 11 is 0. The molecule has 0 bridgehead atoms. The Balaban J connectivity index is 1.64. The fourth-order valence-corrected chi connectivity index (χ4v) is 4.99. The predicted octanol–water partition coefficient (Wildman–Crippen LogP) is 3.84. The third-order valence-corrected chi connectivity index (χ3v) is 6.78. The fraction of sp³-hybridized carbons (Fsp3) is 0.136. The van der Waals surface area contributed by atoms with Crippen molar-refractivity contribution < 1.29 is 22.3 Å². The van der Waals surface area contributed by atoms with E-state index in [0.29, 0.717) is 23.5 Å². The highest BCUT2D eigenvalue weighted by Gasteiger charge is 2.33. The number of hydrogen-bond acceptors (Lipinski definition) is 4. The standard InChI is InChI=1S/C22H19FN2O4S/c1-29-18-9-7-17(8-10-18)24-22(26)16-6-11-19(23)21(14-16)30(27,28)25-13-12-15-4-2-3-5-20(15)25/h2-11,14H,12-13H2,1H3,(H,24,26). The van der Waals surface area contributed by atoms with E-state index in [0.717, 1.165) is 17.7 Å². The van der Waals surface area contributed by atoms with Gasteiger partial charge in [0.2, 0.25) is 0 Å². The molecular weight excluding hydrogens is 407 g/mol. The minimum absolute atomic E-state index is 0.0401. The monoisotopic (exact) mass is 426 g/mol. The van der Waals surface area contributed by atoms with E-state index < -0.39 is 26.6 Å². The van der Waals surface area contributed by atoms with E-state index in [2.05, 4.69) is 5.32 Å². The van der Waals surface area contributed by atoms with E-state index in [9.17, 15) is 17.6 Å². The molecule has 0 atom stereocenters. The van der Waals surface area contributed by atoms with Crippen LogP contribution < -0.4 is 14.4 Å². The lowest BCUT2D eigenvalue weighted by Gasteiger charge is -2.20. The molecule has 0 aromatic heterocycles. The van der Waals surface area contributed by atoms with Crippen LogP contribution in [0.4, 0.5) is 15.8 Å². The molecule has 4 rings (SSSR count). The minimum Gasteiger partial charge on any atom is -0.497 e. The maximum absolute atomic E-state index is 14.5. The van der Waals surface area contributed by atoms with Crippen LogP contribution in [0.1, 0.15) is 15.9 Å². The van der Waals surface area contributed by atoms with Crippen LogP contribution in [0.2, 0.25) is 0 Å². The van der Waals surface area contributed by atoms with Gasteiger partial charge in [0.25, 0.3) is 15.9 Å². The first-order valence-electron chi connectivity index (χ1n) is 9.26. The molecule has 3 aromatic rings. The van der Waals surface area contributed by atoms with Gasteiger partial charge in [0.1, 0.15) is 16.5 Å². The van der Waals surface area contributed by atoms with E-state index >= 15 is 0 Å². The number of carbonyl (C=O) groups excluding carboxylic acids is 1. The molecule has 6 nitrogen and oxygen atoms in total. The van der Waals surface area contributed by atoms with Gasteiger partial charge in [0, 0.05) is 17.8 Å². The highest BCUT2D eigenvalue weighted by atomic mass is 32.2. The zero-order valence-corrected chi connectivity index (χ0v) is 16.9. The normalized spacial score (nSPS) is 13.1. The van der Waals surface area contributed by atoms with Crippen molar-refractivity contribution >= 4 is 27.3 Å². The second-order valence-electron chi connectivity index (χ2n) is 6.78. The largest absolute Gasteiger partial charge is 0.497 e. The first-order valence-corrected chi connectivity index (χ1v) is 10.7. The molecule has 0 aliphatic carbocycles. The molecule has 1 amide bonds. The van der Waals surface area contributed by atoms with Gasteiger partial charge in [0.05, 0.1) is 12.8 Å². The fourth-order valence-electron chi connectivity index (χ4n) is 3.40. The lowest BCUT2D eigenvalue weighted by atomic mass is 10.2. The number of methoxy groups -OCH3 is 1. The highest BCUT2D eigenvalue weighted by Crippen LogP contribution is 2.33. The average Bonchev–Trinajstić information content (AvgIpc) is 3.19. The molecule has 1 heterocycles. The Morgan fingerprint density at radius 2 is 1.80 bits per heavy atom. The summed E-state index contributed by atoms with van der Waals surface area (Å²) < 4.78 is 47.1. The number of benzene rings is 3. The molecule has 8 heteroatoms. The van der Waals surface area contributed by atoms with Crippen LogP contribution in [-0.2, 0) is 16.4 Å². The summed E-state index contributed by atoms with van der Waals surface area (Å²) in [7, 11) is -2.62. The van der Waals surface area contributed by atoms with Gasteiger partial charge >= 0.3 is 0 Å². The van der Waals surface area contributed by atoms with Crippen LogP contribution >= 0.6 is 0 Å². The molecule has 0 radical (unpaired) electrons. The van der Waals surface area contributed by atoms with Crippen molar-refractivity contribution in [1.29, 1.82) is 0 Å². The minimum atomic E-state index is -4.16. The third-order valence-electron chi connectivity index (χ3n) is 4.95. The molecule has 1 N–H and O–H groups in total. The molecule has 154 valence electrons. The average molecular weight is 426 g/mol. The van der Waals surface area contributed by atoms with Gasteiger partial charge in [-0.2, -0.15) is 0 Å². The van der Waals surface area contributed by atoms with Gasteiger partial charge < -0.3 is 10.1 Å². The number of sulfonamides is 1. The number of hydrogen-bond donors (Lipinski definition) is 1. The van der Waals surface area contributed by atoms with E-state index in [-0.39, 0.29) is 12.1 Å². The first-order chi connectivity index (χ1) is 14.4. The molecule has 30 heavy (non-hydrogen) atoms. The number of amides is 1. The topological polar surface area (TPSA) is 75.7 Å². The molecule has 1 aliphatic rings. The quantitative estimate of drug-likeness (QED) is 0.673. The van der Waals surface area contributed by atoms with Gasteiger partial charge in [-0.05, 0) is 60.5 Å². The van der Waals surface area contributed by atoms with Gasteiger partial charge in [-0.15, -0.1) is 0 Å².